The number of aryl methyl sites for hydroxylation is 1. The van der Waals surface area contributed by atoms with E-state index in [9.17, 15) is 15.0 Å². The van der Waals surface area contributed by atoms with E-state index in [4.69, 9.17) is 4.98 Å². The minimum absolute atomic E-state index is 0.0492. The van der Waals surface area contributed by atoms with Gasteiger partial charge in [-0.05, 0) is 49.3 Å². The number of fused-ring (bicyclic) bond motifs is 3. The zero-order chi connectivity index (χ0) is 25.4. The van der Waals surface area contributed by atoms with Crippen molar-refractivity contribution >= 4 is 11.9 Å². The third-order valence-electron chi connectivity index (χ3n) is 7.60. The normalized spacial score (nSPS) is 15.3. The lowest BCUT2D eigenvalue weighted by Gasteiger charge is -2.42. The van der Waals surface area contributed by atoms with E-state index in [1.54, 1.807) is 0 Å². The molecule has 5 N–H and O–H groups in total. The van der Waals surface area contributed by atoms with E-state index >= 15 is 0 Å². The van der Waals surface area contributed by atoms with Crippen LogP contribution < -0.4 is 10.6 Å². The van der Waals surface area contributed by atoms with Gasteiger partial charge in [0.2, 0.25) is 0 Å². The predicted octanol–water partition coefficient (Wildman–Crippen LogP) is 4.96. The minimum Gasteiger partial charge on any atom is -0.465 e. The molecule has 2 aliphatic carbocycles. The first kappa shape index (κ1) is 23.2. The smallest absolute Gasteiger partial charge is 0.405 e. The summed E-state index contributed by atoms with van der Waals surface area (Å²) in [5.41, 5.74) is 8.67. The lowest BCUT2D eigenvalue weighted by molar-refractivity contribution is 0.144. The Morgan fingerprint density at radius 2 is 1.78 bits per heavy atom. The number of hydrogen-bond acceptors (Lipinski definition) is 5. The molecule has 0 radical (unpaired) electrons. The average Bonchev–Trinajstić information content (AvgIpc) is 3.33. The molecule has 0 unspecified atom stereocenters. The van der Waals surface area contributed by atoms with Crippen molar-refractivity contribution in [2.45, 2.75) is 37.6 Å². The van der Waals surface area contributed by atoms with Crippen molar-refractivity contribution in [3.63, 3.8) is 0 Å². The van der Waals surface area contributed by atoms with Gasteiger partial charge in [0, 0.05) is 28.8 Å². The molecule has 6 rings (SSSR count). The van der Waals surface area contributed by atoms with Crippen molar-refractivity contribution in [3.05, 3.63) is 77.5 Å². The van der Waals surface area contributed by atoms with Gasteiger partial charge in [-0.1, -0.05) is 54.6 Å². The number of nitrogens with zero attached hydrogens (tertiary/aromatic N) is 2. The number of pyridine rings is 1. The Bertz CT molecular complexity index is 1440. The Morgan fingerprint density at radius 1 is 1.00 bits per heavy atom. The van der Waals surface area contributed by atoms with Crippen molar-refractivity contribution in [2.24, 2.45) is 0 Å². The number of amides is 1. The molecule has 1 amide bonds. The van der Waals surface area contributed by atoms with Gasteiger partial charge in [0.15, 0.2) is 5.82 Å². The molecule has 2 aromatic heterocycles. The lowest BCUT2D eigenvalue weighted by atomic mass is 9.71. The van der Waals surface area contributed by atoms with Crippen molar-refractivity contribution in [1.29, 1.82) is 0 Å². The number of benzene rings is 2. The van der Waals surface area contributed by atoms with Gasteiger partial charge in [0.25, 0.3) is 0 Å². The summed E-state index contributed by atoms with van der Waals surface area (Å²) in [6.07, 6.45) is 3.26. The zero-order valence-electron chi connectivity index (χ0n) is 20.4. The summed E-state index contributed by atoms with van der Waals surface area (Å²) in [7, 11) is 0. The fourth-order valence-electron chi connectivity index (χ4n) is 5.58. The van der Waals surface area contributed by atoms with Crippen molar-refractivity contribution in [2.75, 3.05) is 18.5 Å². The summed E-state index contributed by atoms with van der Waals surface area (Å²) < 4.78 is 0. The Labute approximate surface area is 214 Å². The summed E-state index contributed by atoms with van der Waals surface area (Å²) in [5, 5.41) is 32.2. The molecule has 0 bridgehead atoms. The van der Waals surface area contributed by atoms with Crippen molar-refractivity contribution in [3.8, 4) is 33.6 Å². The summed E-state index contributed by atoms with van der Waals surface area (Å²) in [6.45, 7) is 0.503. The number of nitrogens with one attached hydrogen (secondary N) is 3. The van der Waals surface area contributed by atoms with Crippen LogP contribution in [0.2, 0.25) is 0 Å². The molecule has 2 aliphatic rings. The highest BCUT2D eigenvalue weighted by Crippen LogP contribution is 2.43. The third-order valence-corrected chi connectivity index (χ3v) is 7.60. The van der Waals surface area contributed by atoms with Crippen LogP contribution in [0.15, 0.2) is 60.7 Å². The molecule has 1 saturated carbocycles. The molecule has 8 nitrogen and oxygen atoms in total. The predicted molar refractivity (Wildman–Crippen MR) is 142 cm³/mol. The highest BCUT2D eigenvalue weighted by molar-refractivity contribution is 5.86. The second-order valence-electron chi connectivity index (χ2n) is 9.76. The van der Waals surface area contributed by atoms with E-state index in [0.717, 1.165) is 88.4 Å². The monoisotopic (exact) mass is 495 g/mol. The fraction of sp³-hybridized carbons (Fsp3) is 0.276. The maximum absolute atomic E-state index is 11.4. The van der Waals surface area contributed by atoms with Gasteiger partial charge in [0.05, 0.1) is 29.2 Å². The molecule has 37 heavy (non-hydrogen) atoms. The molecule has 0 atom stereocenters. The fourth-order valence-corrected chi connectivity index (χ4v) is 5.58. The van der Waals surface area contributed by atoms with Crippen LogP contribution in [0.3, 0.4) is 0 Å². The lowest BCUT2D eigenvalue weighted by Crippen LogP contribution is -2.50. The number of aromatic nitrogens is 3. The molecule has 2 heterocycles. The van der Waals surface area contributed by atoms with Crippen LogP contribution in [-0.4, -0.2) is 44.6 Å². The van der Waals surface area contributed by atoms with Crippen LogP contribution in [0, 0.1) is 0 Å². The number of hydrogen-bond donors (Lipinski definition) is 5. The number of carboxylic acid groups (broad SMARTS) is 1. The van der Waals surface area contributed by atoms with E-state index in [2.05, 4.69) is 51.2 Å². The first-order valence-corrected chi connectivity index (χ1v) is 12.7. The molecule has 0 saturated heterocycles. The molecule has 8 heteroatoms. The van der Waals surface area contributed by atoms with E-state index < -0.39 is 11.6 Å². The van der Waals surface area contributed by atoms with Gasteiger partial charge in [0.1, 0.15) is 0 Å². The standard InChI is InChI=1S/C29H29N5O3/c35-16-15-30-27-21-11-12-24-23(26(21)33-34-27)17-22(18-5-2-1-3-6-18)25(31-24)19-7-9-20(10-8-19)29(13-4-14-29)32-28(36)37/h1-3,5-10,17,32,35H,4,11-16H2,(H,36,37)(H2,30,33,34). The maximum Gasteiger partial charge on any atom is 0.405 e. The Kier molecular flexibility index (Phi) is 5.88. The molecule has 2 aromatic carbocycles. The number of anilines is 1. The number of aromatic amines is 1. The van der Waals surface area contributed by atoms with Gasteiger partial charge < -0.3 is 20.8 Å². The summed E-state index contributed by atoms with van der Waals surface area (Å²) in [4.78, 5) is 16.6. The molecule has 1 fully saturated rings. The average molecular weight is 496 g/mol. The first-order valence-electron chi connectivity index (χ1n) is 12.7. The second kappa shape index (κ2) is 9.37. The van der Waals surface area contributed by atoms with E-state index in [0.29, 0.717) is 6.54 Å². The number of H-pyrrole nitrogens is 1. The van der Waals surface area contributed by atoms with E-state index in [1.165, 1.54) is 0 Å². The number of carbonyl (C=O) groups is 1. The largest absolute Gasteiger partial charge is 0.465 e. The quantitative estimate of drug-likeness (QED) is 0.247. The highest BCUT2D eigenvalue weighted by Gasteiger charge is 2.40. The van der Waals surface area contributed by atoms with Crippen LogP contribution in [0.5, 0.6) is 0 Å². The zero-order valence-corrected chi connectivity index (χ0v) is 20.4. The van der Waals surface area contributed by atoms with E-state index in [-0.39, 0.29) is 6.61 Å². The molecular weight excluding hydrogens is 466 g/mol. The molecule has 0 aliphatic heterocycles. The van der Waals surface area contributed by atoms with Crippen LogP contribution >= 0.6 is 0 Å². The van der Waals surface area contributed by atoms with Crippen LogP contribution in [-0.2, 0) is 18.4 Å². The molecule has 188 valence electrons. The second-order valence-corrected chi connectivity index (χ2v) is 9.76. The van der Waals surface area contributed by atoms with Gasteiger partial charge in [-0.25, -0.2) is 4.79 Å². The molecule has 4 aromatic rings. The molecule has 0 spiro atoms. The summed E-state index contributed by atoms with van der Waals surface area (Å²) in [6, 6.07) is 20.6. The molecular formula is C29H29N5O3. The van der Waals surface area contributed by atoms with E-state index in [1.807, 2.05) is 30.3 Å². The minimum atomic E-state index is -0.987. The Balaban J connectivity index is 1.43. The number of aliphatic hydroxyl groups excluding tert-OH is 1. The highest BCUT2D eigenvalue weighted by atomic mass is 16.4. The Hall–Kier alpha value is -4.17. The number of aliphatic hydroxyl groups is 1. The van der Waals surface area contributed by atoms with Crippen molar-refractivity contribution in [1.82, 2.24) is 20.5 Å². The Morgan fingerprint density at radius 3 is 2.46 bits per heavy atom. The third kappa shape index (κ3) is 4.13. The van der Waals surface area contributed by atoms with Crippen molar-refractivity contribution < 1.29 is 15.0 Å². The summed E-state index contributed by atoms with van der Waals surface area (Å²) in [5.74, 6) is 0.788. The van der Waals surface area contributed by atoms with Gasteiger partial charge in [-0.15, -0.1) is 0 Å². The SMILES string of the molecule is O=C(O)NC1(c2ccc(-c3nc4c(cc3-c3ccccc3)-c3[nH]nc(NCCO)c3CC4)cc2)CCC1. The van der Waals surface area contributed by atoms with Crippen LogP contribution in [0.25, 0.3) is 33.6 Å². The number of rotatable bonds is 7. The first-order chi connectivity index (χ1) is 18.1. The summed E-state index contributed by atoms with van der Waals surface area (Å²) >= 11 is 0. The maximum atomic E-state index is 11.4. The van der Waals surface area contributed by atoms with Gasteiger partial charge in [-0.3, -0.25) is 10.1 Å². The van der Waals surface area contributed by atoms with Gasteiger partial charge >= 0.3 is 6.09 Å². The topological polar surface area (TPSA) is 123 Å². The van der Waals surface area contributed by atoms with Crippen LogP contribution in [0.4, 0.5) is 10.6 Å². The van der Waals surface area contributed by atoms with Gasteiger partial charge in [-0.2, -0.15) is 5.10 Å². The van der Waals surface area contributed by atoms with Crippen LogP contribution in [0.1, 0.15) is 36.1 Å².